The zero-order valence-corrected chi connectivity index (χ0v) is 11.1. The Morgan fingerprint density at radius 3 is 2.44 bits per heavy atom. The molecule has 0 saturated carbocycles. The number of hydrogen-bond acceptors (Lipinski definition) is 4. The van der Waals surface area contributed by atoms with Crippen LogP contribution in [0.5, 0.6) is 0 Å². The number of halogens is 1. The van der Waals surface area contributed by atoms with Crippen LogP contribution in [0, 0.1) is 6.92 Å². The summed E-state index contributed by atoms with van der Waals surface area (Å²) in [5.41, 5.74) is 7.89. The summed E-state index contributed by atoms with van der Waals surface area (Å²) in [6.45, 7) is 4.88. The third-order valence-electron chi connectivity index (χ3n) is 2.64. The van der Waals surface area contributed by atoms with Crippen LogP contribution in [0.2, 0.25) is 5.15 Å². The highest BCUT2D eigenvalue weighted by atomic mass is 35.5. The molecule has 1 aromatic carbocycles. The number of hydrogen-bond donors (Lipinski definition) is 1. The third-order valence-corrected chi connectivity index (χ3v) is 2.83. The number of nitrogen functional groups attached to an aromatic ring is 1. The Kier molecular flexibility index (Phi) is 3.67. The van der Waals surface area contributed by atoms with Crippen molar-refractivity contribution in [3.63, 3.8) is 0 Å². The molecule has 4 nitrogen and oxygen atoms in total. The van der Waals surface area contributed by atoms with E-state index in [-0.39, 0.29) is 5.95 Å². The highest BCUT2D eigenvalue weighted by Crippen LogP contribution is 2.25. The summed E-state index contributed by atoms with van der Waals surface area (Å²) < 4.78 is 0. The van der Waals surface area contributed by atoms with Gasteiger partial charge in [0.05, 0.1) is 0 Å². The Morgan fingerprint density at radius 2 is 1.89 bits per heavy atom. The summed E-state index contributed by atoms with van der Waals surface area (Å²) in [4.78, 5) is 10.1. The maximum absolute atomic E-state index is 5.91. The molecule has 0 saturated heterocycles. The molecule has 1 heterocycles. The van der Waals surface area contributed by atoms with E-state index in [2.05, 4.69) is 29.0 Å². The Morgan fingerprint density at radius 1 is 1.22 bits per heavy atom. The predicted octanol–water partition coefficient (Wildman–Crippen LogP) is 3.18. The molecule has 0 aliphatic rings. The second-order valence-corrected chi connectivity index (χ2v) is 4.37. The highest BCUT2D eigenvalue weighted by molar-refractivity contribution is 6.29. The van der Waals surface area contributed by atoms with Gasteiger partial charge in [-0.3, -0.25) is 0 Å². The summed E-state index contributed by atoms with van der Waals surface area (Å²) in [5, 5.41) is 0.350. The Bertz CT molecular complexity index is 519. The minimum atomic E-state index is 0.183. The third kappa shape index (κ3) is 2.71. The lowest BCUT2D eigenvalue weighted by Gasteiger charge is -2.22. The molecule has 0 unspecified atom stereocenters. The van der Waals surface area contributed by atoms with Crippen molar-refractivity contribution in [1.82, 2.24) is 9.97 Å². The summed E-state index contributed by atoms with van der Waals surface area (Å²) in [5.74, 6) is 0.891. The van der Waals surface area contributed by atoms with Crippen molar-refractivity contribution in [3.8, 4) is 0 Å². The first kappa shape index (κ1) is 12.6. The van der Waals surface area contributed by atoms with Crippen molar-refractivity contribution < 1.29 is 0 Å². The fourth-order valence-corrected chi connectivity index (χ4v) is 1.95. The lowest BCUT2D eigenvalue weighted by molar-refractivity contribution is 0.980. The number of rotatable bonds is 3. The number of anilines is 3. The van der Waals surface area contributed by atoms with E-state index in [1.807, 2.05) is 24.0 Å². The molecule has 0 bridgehead atoms. The average Bonchev–Trinajstić information content (AvgIpc) is 2.31. The molecule has 5 heteroatoms. The van der Waals surface area contributed by atoms with E-state index in [0.29, 0.717) is 11.0 Å². The van der Waals surface area contributed by atoms with E-state index in [0.717, 1.165) is 12.2 Å². The highest BCUT2D eigenvalue weighted by Gasteiger charge is 2.10. The van der Waals surface area contributed by atoms with Crippen LogP contribution in [0.3, 0.4) is 0 Å². The molecule has 0 radical (unpaired) electrons. The first-order valence-corrected chi connectivity index (χ1v) is 6.12. The Labute approximate surface area is 111 Å². The van der Waals surface area contributed by atoms with Gasteiger partial charge < -0.3 is 10.6 Å². The van der Waals surface area contributed by atoms with E-state index in [4.69, 9.17) is 17.3 Å². The molecule has 0 amide bonds. The van der Waals surface area contributed by atoms with Crippen molar-refractivity contribution >= 4 is 29.1 Å². The number of aryl methyl sites for hydroxylation is 1. The number of nitrogens with two attached hydrogens (primary N) is 1. The van der Waals surface area contributed by atoms with Gasteiger partial charge in [0.25, 0.3) is 0 Å². The van der Waals surface area contributed by atoms with Crippen molar-refractivity contribution in [3.05, 3.63) is 41.0 Å². The molecule has 1 aromatic heterocycles. The van der Waals surface area contributed by atoms with Crippen molar-refractivity contribution in [2.24, 2.45) is 0 Å². The van der Waals surface area contributed by atoms with Crippen LogP contribution in [0.1, 0.15) is 12.5 Å². The van der Waals surface area contributed by atoms with Crippen molar-refractivity contribution in [2.45, 2.75) is 13.8 Å². The van der Waals surface area contributed by atoms with Crippen LogP contribution in [-0.2, 0) is 0 Å². The lowest BCUT2D eigenvalue weighted by atomic mass is 10.2. The first-order valence-electron chi connectivity index (χ1n) is 5.74. The van der Waals surface area contributed by atoms with Crippen LogP contribution in [-0.4, -0.2) is 16.5 Å². The van der Waals surface area contributed by atoms with Crippen LogP contribution in [0.4, 0.5) is 17.5 Å². The van der Waals surface area contributed by atoms with E-state index < -0.39 is 0 Å². The molecule has 2 aromatic rings. The molecule has 94 valence electrons. The quantitative estimate of drug-likeness (QED) is 0.863. The normalized spacial score (nSPS) is 10.4. The maximum Gasteiger partial charge on any atom is 0.223 e. The molecular weight excluding hydrogens is 248 g/mol. The minimum absolute atomic E-state index is 0.183. The van der Waals surface area contributed by atoms with E-state index in [1.54, 1.807) is 6.07 Å². The van der Waals surface area contributed by atoms with Gasteiger partial charge in [-0.1, -0.05) is 29.3 Å². The number of benzene rings is 1. The second-order valence-electron chi connectivity index (χ2n) is 3.99. The molecule has 0 spiro atoms. The zero-order chi connectivity index (χ0) is 13.1. The van der Waals surface area contributed by atoms with Crippen LogP contribution in [0.15, 0.2) is 30.3 Å². The SMILES string of the molecule is CCN(c1ccc(C)cc1)c1cc(Cl)nc(N)n1. The molecule has 0 aliphatic carbocycles. The topological polar surface area (TPSA) is 55.0 Å². The summed E-state index contributed by atoms with van der Waals surface area (Å²) >= 11 is 5.91. The fraction of sp³-hybridized carbons (Fsp3) is 0.231. The summed E-state index contributed by atoms with van der Waals surface area (Å²) in [6.07, 6.45) is 0. The van der Waals surface area contributed by atoms with E-state index >= 15 is 0 Å². The molecule has 18 heavy (non-hydrogen) atoms. The van der Waals surface area contributed by atoms with Crippen LogP contribution in [0.25, 0.3) is 0 Å². The van der Waals surface area contributed by atoms with Gasteiger partial charge in [0.15, 0.2) is 0 Å². The summed E-state index contributed by atoms with van der Waals surface area (Å²) in [7, 11) is 0. The number of aromatic nitrogens is 2. The van der Waals surface area contributed by atoms with Crippen molar-refractivity contribution in [1.29, 1.82) is 0 Å². The largest absolute Gasteiger partial charge is 0.368 e. The van der Waals surface area contributed by atoms with Gasteiger partial charge in [0.2, 0.25) is 5.95 Å². The monoisotopic (exact) mass is 262 g/mol. The van der Waals surface area contributed by atoms with Gasteiger partial charge in [-0.25, -0.2) is 4.98 Å². The molecule has 0 atom stereocenters. The van der Waals surface area contributed by atoms with Crippen LogP contribution < -0.4 is 10.6 Å². The van der Waals surface area contributed by atoms with Gasteiger partial charge >= 0.3 is 0 Å². The molecule has 0 aliphatic heterocycles. The molecule has 2 N–H and O–H groups in total. The first-order chi connectivity index (χ1) is 8.60. The average molecular weight is 263 g/mol. The molecule has 2 rings (SSSR count). The second kappa shape index (κ2) is 5.23. The predicted molar refractivity (Wildman–Crippen MR) is 75.3 cm³/mol. The Balaban J connectivity index is 2.41. The smallest absolute Gasteiger partial charge is 0.223 e. The van der Waals surface area contributed by atoms with E-state index in [1.165, 1.54) is 5.56 Å². The number of nitrogens with zero attached hydrogens (tertiary/aromatic N) is 3. The molecular formula is C13H15ClN4. The molecule has 0 fully saturated rings. The lowest BCUT2D eigenvalue weighted by Crippen LogP contribution is -2.18. The van der Waals surface area contributed by atoms with Crippen LogP contribution >= 0.6 is 11.6 Å². The van der Waals surface area contributed by atoms with Gasteiger partial charge in [0.1, 0.15) is 11.0 Å². The minimum Gasteiger partial charge on any atom is -0.368 e. The van der Waals surface area contributed by atoms with E-state index in [9.17, 15) is 0 Å². The van der Waals surface area contributed by atoms with Gasteiger partial charge in [0, 0.05) is 18.3 Å². The summed E-state index contributed by atoms with van der Waals surface area (Å²) in [6, 6.07) is 9.92. The van der Waals surface area contributed by atoms with Gasteiger partial charge in [-0.05, 0) is 26.0 Å². The Hall–Kier alpha value is -1.81. The zero-order valence-electron chi connectivity index (χ0n) is 10.4. The standard InChI is InChI=1S/C13H15ClN4/c1-3-18(10-6-4-9(2)5-7-10)12-8-11(14)16-13(15)17-12/h4-8H,3H2,1-2H3,(H2,15,16,17). The fourth-order valence-electron chi connectivity index (χ4n) is 1.76. The maximum atomic E-state index is 5.91. The van der Waals surface area contributed by atoms with Crippen molar-refractivity contribution in [2.75, 3.05) is 17.2 Å². The van der Waals surface area contributed by atoms with Gasteiger partial charge in [-0.15, -0.1) is 0 Å². The van der Waals surface area contributed by atoms with Gasteiger partial charge in [-0.2, -0.15) is 4.98 Å².